The topological polar surface area (TPSA) is 56.2 Å². The SMILES string of the molecule is Cc1ccc(N2N=C3CCCC[C@]34[C@H]3C(=O)N(C)C(=O)[C@H]3CN24)cc1. The summed E-state index contributed by atoms with van der Waals surface area (Å²) in [7, 11) is 1.62. The second-order valence-electron chi connectivity index (χ2n) is 7.70. The number of amides is 2. The molecule has 6 nitrogen and oxygen atoms in total. The first-order valence-electron chi connectivity index (χ1n) is 9.08. The van der Waals surface area contributed by atoms with Gasteiger partial charge in [0.1, 0.15) is 0 Å². The Bertz CT molecular complexity index is 802. The Morgan fingerprint density at radius 3 is 2.64 bits per heavy atom. The summed E-state index contributed by atoms with van der Waals surface area (Å²) in [6, 6.07) is 8.28. The van der Waals surface area contributed by atoms with Gasteiger partial charge in [-0.15, -0.1) is 0 Å². The van der Waals surface area contributed by atoms with Crippen molar-refractivity contribution >= 4 is 23.2 Å². The van der Waals surface area contributed by atoms with E-state index in [1.165, 1.54) is 10.5 Å². The normalized spacial score (nSPS) is 34.2. The number of fused-ring (bicyclic) bond motifs is 1. The van der Waals surface area contributed by atoms with Crippen LogP contribution in [-0.4, -0.2) is 46.6 Å². The van der Waals surface area contributed by atoms with Gasteiger partial charge in [0.05, 0.1) is 28.8 Å². The summed E-state index contributed by atoms with van der Waals surface area (Å²) in [5, 5.41) is 9.09. The van der Waals surface area contributed by atoms with Gasteiger partial charge in [-0.3, -0.25) is 14.5 Å². The van der Waals surface area contributed by atoms with E-state index in [1.54, 1.807) is 7.05 Å². The lowest BCUT2D eigenvalue weighted by molar-refractivity contribution is -0.139. The van der Waals surface area contributed by atoms with Gasteiger partial charge < -0.3 is 0 Å². The van der Waals surface area contributed by atoms with Crippen LogP contribution in [0.25, 0.3) is 0 Å². The van der Waals surface area contributed by atoms with Crippen LogP contribution in [0.2, 0.25) is 0 Å². The highest BCUT2D eigenvalue weighted by Gasteiger charge is 2.69. The first kappa shape index (κ1) is 15.1. The van der Waals surface area contributed by atoms with Crippen LogP contribution in [0.5, 0.6) is 0 Å². The van der Waals surface area contributed by atoms with Crippen molar-refractivity contribution in [1.29, 1.82) is 0 Å². The second kappa shape index (κ2) is 4.91. The molecule has 1 aliphatic carbocycles. The Kier molecular flexibility index (Phi) is 2.96. The average Bonchev–Trinajstić information content (AvgIpc) is 3.18. The molecule has 0 bridgehead atoms. The van der Waals surface area contributed by atoms with Crippen molar-refractivity contribution in [3.63, 3.8) is 0 Å². The van der Waals surface area contributed by atoms with Gasteiger partial charge in [-0.2, -0.15) is 15.2 Å². The number of hydrogen-bond acceptors (Lipinski definition) is 5. The number of hydrazone groups is 1. The van der Waals surface area contributed by atoms with E-state index in [0.717, 1.165) is 37.1 Å². The highest BCUT2D eigenvalue weighted by atomic mass is 16.2. The van der Waals surface area contributed by atoms with Crippen molar-refractivity contribution in [3.05, 3.63) is 29.8 Å². The number of rotatable bonds is 1. The molecule has 1 aromatic rings. The third-order valence-corrected chi connectivity index (χ3v) is 6.42. The van der Waals surface area contributed by atoms with Crippen LogP contribution in [0.1, 0.15) is 31.2 Å². The molecule has 3 aliphatic heterocycles. The predicted octanol–water partition coefficient (Wildman–Crippen LogP) is 1.95. The number of carbonyl (C=O) groups is 2. The smallest absolute Gasteiger partial charge is 0.235 e. The second-order valence-corrected chi connectivity index (χ2v) is 7.70. The molecule has 1 spiro atoms. The molecule has 2 saturated heterocycles. The van der Waals surface area contributed by atoms with Gasteiger partial charge in [-0.05, 0) is 38.3 Å². The zero-order valence-corrected chi connectivity index (χ0v) is 14.6. The number of anilines is 1. The zero-order valence-electron chi connectivity index (χ0n) is 14.6. The summed E-state index contributed by atoms with van der Waals surface area (Å²) in [5.74, 6) is -0.584. The van der Waals surface area contributed by atoms with Crippen molar-refractivity contribution in [2.45, 2.75) is 38.1 Å². The average molecular weight is 338 g/mol. The van der Waals surface area contributed by atoms with E-state index in [0.29, 0.717) is 6.54 Å². The molecule has 6 heteroatoms. The Morgan fingerprint density at radius 2 is 1.88 bits per heavy atom. The minimum absolute atomic E-state index is 0.0298. The van der Waals surface area contributed by atoms with Gasteiger partial charge in [-0.1, -0.05) is 24.1 Å². The van der Waals surface area contributed by atoms with Crippen LogP contribution in [0.3, 0.4) is 0 Å². The first-order valence-corrected chi connectivity index (χ1v) is 9.08. The lowest BCUT2D eigenvalue weighted by atomic mass is 9.70. The molecule has 25 heavy (non-hydrogen) atoms. The van der Waals surface area contributed by atoms with Crippen LogP contribution >= 0.6 is 0 Å². The maximum absolute atomic E-state index is 12.9. The standard InChI is InChI=1S/C19H22N4O2/c1-12-6-8-13(9-7-12)23-20-15-5-3-4-10-19(15)16-14(11-22(19)23)17(24)21(2)18(16)25/h6-9,14,16H,3-5,10-11H2,1-2H3/t14-,16+,19+/m0/s1. The van der Waals surface area contributed by atoms with E-state index in [4.69, 9.17) is 5.10 Å². The summed E-state index contributed by atoms with van der Waals surface area (Å²) in [6.45, 7) is 2.63. The molecule has 0 N–H and O–H groups in total. The molecule has 130 valence electrons. The molecular formula is C19H22N4O2. The Labute approximate surface area is 147 Å². The third-order valence-electron chi connectivity index (χ3n) is 6.42. The van der Waals surface area contributed by atoms with Crippen LogP contribution < -0.4 is 5.12 Å². The Morgan fingerprint density at radius 1 is 1.12 bits per heavy atom. The van der Waals surface area contributed by atoms with Gasteiger partial charge >= 0.3 is 0 Å². The van der Waals surface area contributed by atoms with Crippen LogP contribution in [0, 0.1) is 18.8 Å². The number of likely N-dealkylation sites (tertiary alicyclic amines) is 1. The number of aryl methyl sites for hydroxylation is 1. The molecule has 3 atom stereocenters. The van der Waals surface area contributed by atoms with Gasteiger partial charge in [0.25, 0.3) is 0 Å². The minimum atomic E-state index is -0.398. The fraction of sp³-hybridized carbons (Fsp3) is 0.526. The van der Waals surface area contributed by atoms with E-state index in [-0.39, 0.29) is 23.7 Å². The fourth-order valence-electron chi connectivity index (χ4n) is 5.20. The maximum Gasteiger partial charge on any atom is 0.235 e. The number of carbonyl (C=O) groups excluding carboxylic acids is 2. The van der Waals surface area contributed by atoms with Crippen LogP contribution in [0.15, 0.2) is 29.4 Å². The van der Waals surface area contributed by atoms with E-state index in [2.05, 4.69) is 36.2 Å². The van der Waals surface area contributed by atoms with Crippen molar-refractivity contribution in [1.82, 2.24) is 9.91 Å². The lowest BCUT2D eigenvalue weighted by Crippen LogP contribution is -2.57. The van der Waals surface area contributed by atoms with Crippen LogP contribution in [-0.2, 0) is 9.59 Å². The summed E-state index contributed by atoms with van der Waals surface area (Å²) < 4.78 is 0. The van der Waals surface area contributed by atoms with Gasteiger partial charge in [-0.25, -0.2) is 0 Å². The lowest BCUT2D eigenvalue weighted by Gasteiger charge is -2.41. The fourth-order valence-corrected chi connectivity index (χ4v) is 5.20. The minimum Gasteiger partial charge on any atom is -0.285 e. The summed E-state index contributed by atoms with van der Waals surface area (Å²) >= 11 is 0. The monoisotopic (exact) mass is 338 g/mol. The number of nitrogens with zero attached hydrogens (tertiary/aromatic N) is 4. The Hall–Kier alpha value is -2.21. The number of hydrazine groups is 1. The molecule has 0 radical (unpaired) electrons. The van der Waals surface area contributed by atoms with Crippen molar-refractivity contribution in [3.8, 4) is 0 Å². The highest BCUT2D eigenvalue weighted by molar-refractivity contribution is 6.11. The number of imide groups is 1. The van der Waals surface area contributed by atoms with E-state index in [1.807, 2.05) is 5.12 Å². The molecule has 1 saturated carbocycles. The molecule has 5 rings (SSSR count). The molecule has 3 fully saturated rings. The molecule has 0 unspecified atom stereocenters. The molecule has 1 aromatic carbocycles. The van der Waals surface area contributed by atoms with E-state index < -0.39 is 5.54 Å². The van der Waals surface area contributed by atoms with Gasteiger partial charge in [0, 0.05) is 13.6 Å². The summed E-state index contributed by atoms with van der Waals surface area (Å²) in [6.07, 6.45) is 3.99. The number of benzene rings is 1. The molecule has 2 amide bonds. The third kappa shape index (κ3) is 1.75. The van der Waals surface area contributed by atoms with Gasteiger partial charge in [0.15, 0.2) is 0 Å². The van der Waals surface area contributed by atoms with Crippen molar-refractivity contribution < 1.29 is 9.59 Å². The molecule has 0 aromatic heterocycles. The van der Waals surface area contributed by atoms with E-state index in [9.17, 15) is 9.59 Å². The van der Waals surface area contributed by atoms with E-state index >= 15 is 0 Å². The maximum atomic E-state index is 12.9. The zero-order chi connectivity index (χ0) is 17.3. The van der Waals surface area contributed by atoms with Crippen molar-refractivity contribution in [2.24, 2.45) is 16.9 Å². The summed E-state index contributed by atoms with van der Waals surface area (Å²) in [5.41, 5.74) is 2.89. The molecule has 4 aliphatic rings. The van der Waals surface area contributed by atoms with Gasteiger partial charge in [0.2, 0.25) is 11.8 Å². The first-order chi connectivity index (χ1) is 12.0. The molecular weight excluding hydrogens is 316 g/mol. The Balaban J connectivity index is 1.63. The van der Waals surface area contributed by atoms with Crippen molar-refractivity contribution in [2.75, 3.05) is 18.7 Å². The summed E-state index contributed by atoms with van der Waals surface area (Å²) in [4.78, 5) is 26.8. The highest BCUT2D eigenvalue weighted by Crippen LogP contribution is 2.54. The predicted molar refractivity (Wildman–Crippen MR) is 93.8 cm³/mol. The van der Waals surface area contributed by atoms with Crippen LogP contribution in [0.4, 0.5) is 5.69 Å². The largest absolute Gasteiger partial charge is 0.285 e. The number of hydrogen-bond donors (Lipinski definition) is 0. The quantitative estimate of drug-likeness (QED) is 0.735. The molecule has 3 heterocycles.